The third-order valence-corrected chi connectivity index (χ3v) is 4.49. The average molecular weight is 310 g/mol. The molecule has 0 saturated heterocycles. The topological polar surface area (TPSA) is 110 Å². The fourth-order valence-corrected chi connectivity index (χ4v) is 3.06. The number of nitrogens with zero attached hydrogens (tertiary/aromatic N) is 1. The molecule has 1 aromatic heterocycles. The second-order valence-corrected chi connectivity index (χ2v) is 6.15. The van der Waals surface area contributed by atoms with Crippen LogP contribution in [0, 0.1) is 0 Å². The molecule has 0 aliphatic heterocycles. The van der Waals surface area contributed by atoms with Crippen molar-refractivity contribution in [3.05, 3.63) is 42.0 Å². The standard InChI is InChI=1S/C13H18N4O3S/c1-20-12-6-10(7-14)2-3-13(12)21(18,19)17-5-4-11-8-15-9-16-11/h2-3,6,8-9,17H,4-5,7,14H2,1H3,(H,15,16). The molecule has 0 saturated carbocycles. The lowest BCUT2D eigenvalue weighted by atomic mass is 10.2. The first-order chi connectivity index (χ1) is 10.1. The number of H-pyrrole nitrogens is 1. The number of imidazole rings is 1. The van der Waals surface area contributed by atoms with E-state index < -0.39 is 10.0 Å². The molecule has 0 spiro atoms. The maximum Gasteiger partial charge on any atom is 0.244 e. The van der Waals surface area contributed by atoms with Gasteiger partial charge in [0.15, 0.2) is 0 Å². The molecule has 0 radical (unpaired) electrons. The molecule has 8 heteroatoms. The molecular formula is C13H18N4O3S. The normalized spacial score (nSPS) is 11.5. The van der Waals surface area contributed by atoms with Crippen LogP contribution in [0.3, 0.4) is 0 Å². The Morgan fingerprint density at radius 1 is 1.43 bits per heavy atom. The Bertz CT molecular complexity index is 683. The summed E-state index contributed by atoms with van der Waals surface area (Å²) in [5.74, 6) is 0.284. The minimum Gasteiger partial charge on any atom is -0.495 e. The Kier molecular flexibility index (Phi) is 4.94. The van der Waals surface area contributed by atoms with Crippen LogP contribution in [0.25, 0.3) is 0 Å². The van der Waals surface area contributed by atoms with Gasteiger partial charge in [-0.05, 0) is 17.7 Å². The second kappa shape index (κ2) is 6.70. The fourth-order valence-electron chi connectivity index (χ4n) is 1.88. The molecule has 2 rings (SSSR count). The summed E-state index contributed by atoms with van der Waals surface area (Å²) in [7, 11) is -2.20. The molecule has 0 atom stereocenters. The van der Waals surface area contributed by atoms with Crippen LogP contribution in [-0.4, -0.2) is 32.0 Å². The lowest BCUT2D eigenvalue weighted by molar-refractivity contribution is 0.401. The molecule has 0 bridgehead atoms. The van der Waals surface area contributed by atoms with Crippen LogP contribution in [0.4, 0.5) is 0 Å². The predicted octanol–water partition coefficient (Wildman–Crippen LogP) is 0.398. The Morgan fingerprint density at radius 3 is 2.86 bits per heavy atom. The van der Waals surface area contributed by atoms with Crippen molar-refractivity contribution >= 4 is 10.0 Å². The molecule has 0 unspecified atom stereocenters. The van der Waals surface area contributed by atoms with Crippen LogP contribution in [-0.2, 0) is 23.0 Å². The van der Waals surface area contributed by atoms with Crippen molar-refractivity contribution in [1.82, 2.24) is 14.7 Å². The molecule has 7 nitrogen and oxygen atoms in total. The highest BCUT2D eigenvalue weighted by atomic mass is 32.2. The Labute approximate surface area is 123 Å². The van der Waals surface area contributed by atoms with E-state index >= 15 is 0 Å². The van der Waals surface area contributed by atoms with Crippen LogP contribution >= 0.6 is 0 Å². The van der Waals surface area contributed by atoms with Crippen molar-refractivity contribution in [2.24, 2.45) is 5.73 Å². The number of hydrogen-bond donors (Lipinski definition) is 3. The predicted molar refractivity (Wildman–Crippen MR) is 78.4 cm³/mol. The van der Waals surface area contributed by atoms with E-state index in [-0.39, 0.29) is 17.2 Å². The van der Waals surface area contributed by atoms with Crippen LogP contribution in [0.2, 0.25) is 0 Å². The number of aromatic amines is 1. The van der Waals surface area contributed by atoms with Gasteiger partial charge in [0.2, 0.25) is 10.0 Å². The molecule has 0 aliphatic carbocycles. The summed E-state index contributed by atoms with van der Waals surface area (Å²) in [6.07, 6.45) is 3.74. The number of benzene rings is 1. The summed E-state index contributed by atoms with van der Waals surface area (Å²) < 4.78 is 32.3. The first-order valence-electron chi connectivity index (χ1n) is 6.40. The van der Waals surface area contributed by atoms with E-state index in [1.165, 1.54) is 13.2 Å². The zero-order valence-electron chi connectivity index (χ0n) is 11.7. The van der Waals surface area contributed by atoms with Crippen LogP contribution in [0.15, 0.2) is 35.6 Å². The Morgan fingerprint density at radius 2 is 2.24 bits per heavy atom. The van der Waals surface area contributed by atoms with Gasteiger partial charge in [0.25, 0.3) is 0 Å². The van der Waals surface area contributed by atoms with Gasteiger partial charge in [-0.15, -0.1) is 0 Å². The van der Waals surface area contributed by atoms with E-state index in [2.05, 4.69) is 14.7 Å². The first-order valence-corrected chi connectivity index (χ1v) is 7.89. The van der Waals surface area contributed by atoms with E-state index in [9.17, 15) is 8.42 Å². The van der Waals surface area contributed by atoms with Gasteiger partial charge < -0.3 is 15.5 Å². The van der Waals surface area contributed by atoms with Gasteiger partial charge in [0, 0.05) is 31.4 Å². The maximum atomic E-state index is 12.3. The largest absolute Gasteiger partial charge is 0.495 e. The Balaban J connectivity index is 2.11. The molecule has 4 N–H and O–H groups in total. The van der Waals surface area contributed by atoms with Crippen molar-refractivity contribution in [2.75, 3.05) is 13.7 Å². The lowest BCUT2D eigenvalue weighted by Gasteiger charge is -2.11. The summed E-state index contributed by atoms with van der Waals surface area (Å²) >= 11 is 0. The summed E-state index contributed by atoms with van der Waals surface area (Å²) in [6.45, 7) is 0.594. The third-order valence-electron chi connectivity index (χ3n) is 2.99. The van der Waals surface area contributed by atoms with E-state index in [1.54, 1.807) is 24.7 Å². The molecule has 0 amide bonds. The minimum atomic E-state index is -3.63. The van der Waals surface area contributed by atoms with Crippen LogP contribution in [0.5, 0.6) is 5.75 Å². The van der Waals surface area contributed by atoms with Gasteiger partial charge in [-0.2, -0.15) is 0 Å². The van der Waals surface area contributed by atoms with Crippen LogP contribution in [0.1, 0.15) is 11.3 Å². The monoisotopic (exact) mass is 310 g/mol. The van der Waals surface area contributed by atoms with Gasteiger partial charge >= 0.3 is 0 Å². The van der Waals surface area contributed by atoms with Gasteiger partial charge in [-0.25, -0.2) is 18.1 Å². The van der Waals surface area contributed by atoms with Gasteiger partial charge in [-0.1, -0.05) is 6.07 Å². The second-order valence-electron chi connectivity index (χ2n) is 4.41. The zero-order chi connectivity index (χ0) is 15.3. The summed E-state index contributed by atoms with van der Waals surface area (Å²) in [5.41, 5.74) is 7.21. The highest BCUT2D eigenvalue weighted by Crippen LogP contribution is 2.24. The van der Waals surface area contributed by atoms with E-state index in [0.717, 1.165) is 11.3 Å². The number of nitrogens with one attached hydrogen (secondary N) is 2. The van der Waals surface area contributed by atoms with E-state index in [0.29, 0.717) is 13.0 Å². The maximum absolute atomic E-state index is 12.3. The van der Waals surface area contributed by atoms with Crippen molar-refractivity contribution in [3.63, 3.8) is 0 Å². The van der Waals surface area contributed by atoms with Crippen molar-refractivity contribution < 1.29 is 13.2 Å². The number of aromatic nitrogens is 2. The number of hydrogen-bond acceptors (Lipinski definition) is 5. The summed E-state index contributed by atoms with van der Waals surface area (Å²) in [6, 6.07) is 4.80. The highest BCUT2D eigenvalue weighted by molar-refractivity contribution is 7.89. The smallest absolute Gasteiger partial charge is 0.244 e. The number of nitrogens with two attached hydrogens (primary N) is 1. The molecule has 2 aromatic rings. The minimum absolute atomic E-state index is 0.104. The molecule has 0 aliphatic rings. The average Bonchev–Trinajstić information content (AvgIpc) is 2.99. The molecule has 21 heavy (non-hydrogen) atoms. The van der Waals surface area contributed by atoms with Crippen molar-refractivity contribution in [1.29, 1.82) is 0 Å². The summed E-state index contributed by atoms with van der Waals surface area (Å²) in [4.78, 5) is 6.90. The lowest BCUT2D eigenvalue weighted by Crippen LogP contribution is -2.26. The highest BCUT2D eigenvalue weighted by Gasteiger charge is 2.19. The Hall–Kier alpha value is -1.90. The number of rotatable bonds is 7. The zero-order valence-corrected chi connectivity index (χ0v) is 12.5. The molecule has 1 aromatic carbocycles. The van der Waals surface area contributed by atoms with Gasteiger partial charge in [0.1, 0.15) is 10.6 Å². The van der Waals surface area contributed by atoms with Crippen molar-refractivity contribution in [2.45, 2.75) is 17.9 Å². The quantitative estimate of drug-likeness (QED) is 0.685. The molecule has 0 fully saturated rings. The fraction of sp³-hybridized carbons (Fsp3) is 0.308. The van der Waals surface area contributed by atoms with E-state index in [1.807, 2.05) is 0 Å². The van der Waals surface area contributed by atoms with Crippen LogP contribution < -0.4 is 15.2 Å². The number of ether oxygens (including phenoxy) is 1. The number of sulfonamides is 1. The van der Waals surface area contributed by atoms with E-state index in [4.69, 9.17) is 10.5 Å². The third kappa shape index (κ3) is 3.81. The summed E-state index contributed by atoms with van der Waals surface area (Å²) in [5, 5.41) is 0. The van der Waals surface area contributed by atoms with Gasteiger partial charge in [0.05, 0.1) is 13.4 Å². The molecule has 114 valence electrons. The van der Waals surface area contributed by atoms with Crippen molar-refractivity contribution in [3.8, 4) is 5.75 Å². The first kappa shape index (κ1) is 15.5. The molecular weight excluding hydrogens is 292 g/mol. The SMILES string of the molecule is COc1cc(CN)ccc1S(=O)(=O)NCCc1cnc[nH]1. The number of methoxy groups -OCH3 is 1. The van der Waals surface area contributed by atoms with Gasteiger partial charge in [-0.3, -0.25) is 0 Å². The molecule has 1 heterocycles.